The molecule has 0 aliphatic carbocycles. The van der Waals surface area contributed by atoms with Gasteiger partial charge in [-0.1, -0.05) is 12.1 Å². The molecule has 1 aromatic carbocycles. The van der Waals surface area contributed by atoms with Gasteiger partial charge in [0.1, 0.15) is 11.3 Å². The molecule has 0 radical (unpaired) electrons. The van der Waals surface area contributed by atoms with Crippen molar-refractivity contribution in [3.05, 3.63) is 78.4 Å². The number of benzene rings is 1. The number of ether oxygens (including phenoxy) is 1. The zero-order valence-corrected chi connectivity index (χ0v) is 14.7. The molecule has 1 N–H and O–H groups in total. The van der Waals surface area contributed by atoms with Crippen LogP contribution in [0.5, 0.6) is 5.75 Å². The van der Waals surface area contributed by atoms with Gasteiger partial charge in [0, 0.05) is 30.7 Å². The summed E-state index contributed by atoms with van der Waals surface area (Å²) < 4.78 is 6.95. The number of methoxy groups -OCH3 is 1. The smallest absolute Gasteiger partial charge is 0.257 e. The molecule has 134 valence electrons. The number of carbonyl (C=O) groups excluding carboxylic acids is 1. The molecule has 3 aromatic heterocycles. The van der Waals surface area contributed by atoms with Gasteiger partial charge in [-0.3, -0.25) is 9.78 Å². The standard InChI is InChI=1S/C20H17N5O2/c1-27-16-4-2-3-15(11-16)18-7-10-22-19-17(13-24-25(18)19)20(26)23-12-14-5-8-21-9-6-14/h2-11,13H,12H2,1H3,(H,23,26). The molecule has 0 fully saturated rings. The average molecular weight is 359 g/mol. The average Bonchev–Trinajstić information content (AvgIpc) is 3.17. The summed E-state index contributed by atoms with van der Waals surface area (Å²) in [7, 11) is 1.63. The summed E-state index contributed by atoms with van der Waals surface area (Å²) in [6, 6.07) is 13.2. The summed E-state index contributed by atoms with van der Waals surface area (Å²) in [5.41, 5.74) is 3.65. The lowest BCUT2D eigenvalue weighted by atomic mass is 10.1. The molecular formula is C20H17N5O2. The molecule has 7 nitrogen and oxygen atoms in total. The van der Waals surface area contributed by atoms with E-state index in [1.165, 1.54) is 6.20 Å². The minimum Gasteiger partial charge on any atom is -0.497 e. The first-order valence-corrected chi connectivity index (χ1v) is 8.40. The van der Waals surface area contributed by atoms with Gasteiger partial charge in [-0.2, -0.15) is 5.10 Å². The van der Waals surface area contributed by atoms with Crippen LogP contribution in [-0.2, 0) is 6.54 Å². The van der Waals surface area contributed by atoms with E-state index in [9.17, 15) is 4.79 Å². The zero-order chi connectivity index (χ0) is 18.6. The van der Waals surface area contributed by atoms with Crippen molar-refractivity contribution in [3.63, 3.8) is 0 Å². The molecule has 0 atom stereocenters. The van der Waals surface area contributed by atoms with Gasteiger partial charge in [0.2, 0.25) is 0 Å². The molecule has 4 aromatic rings. The second kappa shape index (κ2) is 7.25. The molecule has 0 saturated carbocycles. The second-order valence-corrected chi connectivity index (χ2v) is 5.89. The van der Waals surface area contributed by atoms with Crippen molar-refractivity contribution in [2.75, 3.05) is 7.11 Å². The van der Waals surface area contributed by atoms with Crippen molar-refractivity contribution in [1.82, 2.24) is 24.9 Å². The fraction of sp³-hybridized carbons (Fsp3) is 0.100. The Hall–Kier alpha value is -3.74. The number of nitrogens with one attached hydrogen (secondary N) is 1. The zero-order valence-electron chi connectivity index (χ0n) is 14.7. The van der Waals surface area contributed by atoms with Crippen molar-refractivity contribution >= 4 is 11.6 Å². The van der Waals surface area contributed by atoms with Crippen molar-refractivity contribution < 1.29 is 9.53 Å². The molecule has 1 amide bonds. The largest absolute Gasteiger partial charge is 0.497 e. The fourth-order valence-electron chi connectivity index (χ4n) is 2.83. The Morgan fingerprint density at radius 1 is 1.15 bits per heavy atom. The highest BCUT2D eigenvalue weighted by Crippen LogP contribution is 2.24. The summed E-state index contributed by atoms with van der Waals surface area (Å²) in [6.45, 7) is 0.411. The number of nitrogens with zero attached hydrogens (tertiary/aromatic N) is 4. The van der Waals surface area contributed by atoms with Crippen LogP contribution in [0.2, 0.25) is 0 Å². The number of rotatable bonds is 5. The maximum atomic E-state index is 12.6. The van der Waals surface area contributed by atoms with Crippen LogP contribution >= 0.6 is 0 Å². The van der Waals surface area contributed by atoms with Gasteiger partial charge >= 0.3 is 0 Å². The summed E-state index contributed by atoms with van der Waals surface area (Å²) in [5.74, 6) is 0.525. The summed E-state index contributed by atoms with van der Waals surface area (Å²) in [5, 5.41) is 7.26. The Kier molecular flexibility index (Phi) is 4.49. The SMILES string of the molecule is COc1cccc(-c2ccnc3c(C(=O)NCc4ccncc4)cnn23)c1. The van der Waals surface area contributed by atoms with Gasteiger partial charge in [-0.15, -0.1) is 0 Å². The van der Waals surface area contributed by atoms with Crippen LogP contribution in [-0.4, -0.2) is 32.6 Å². The highest BCUT2D eigenvalue weighted by atomic mass is 16.5. The van der Waals surface area contributed by atoms with Crippen LogP contribution < -0.4 is 10.1 Å². The van der Waals surface area contributed by atoms with Crippen molar-refractivity contribution in [3.8, 4) is 17.0 Å². The maximum absolute atomic E-state index is 12.6. The van der Waals surface area contributed by atoms with Crippen molar-refractivity contribution in [2.24, 2.45) is 0 Å². The molecule has 0 unspecified atom stereocenters. The molecule has 3 heterocycles. The lowest BCUT2D eigenvalue weighted by Crippen LogP contribution is -2.22. The van der Waals surface area contributed by atoms with Gasteiger partial charge in [-0.05, 0) is 35.9 Å². The first kappa shape index (κ1) is 16.7. The van der Waals surface area contributed by atoms with Crippen LogP contribution in [0, 0.1) is 0 Å². The van der Waals surface area contributed by atoms with Crippen LogP contribution in [0.25, 0.3) is 16.9 Å². The van der Waals surface area contributed by atoms with E-state index in [-0.39, 0.29) is 5.91 Å². The van der Waals surface area contributed by atoms with E-state index >= 15 is 0 Å². The highest BCUT2D eigenvalue weighted by Gasteiger charge is 2.16. The van der Waals surface area contributed by atoms with E-state index < -0.39 is 0 Å². The van der Waals surface area contributed by atoms with E-state index in [1.807, 2.05) is 42.5 Å². The van der Waals surface area contributed by atoms with E-state index in [0.29, 0.717) is 17.8 Å². The third-order valence-electron chi connectivity index (χ3n) is 4.21. The van der Waals surface area contributed by atoms with E-state index in [1.54, 1.807) is 30.2 Å². The molecule has 0 aliphatic rings. The van der Waals surface area contributed by atoms with Crippen LogP contribution in [0.1, 0.15) is 15.9 Å². The molecule has 7 heteroatoms. The number of hydrogen-bond acceptors (Lipinski definition) is 5. The number of pyridine rings is 1. The highest BCUT2D eigenvalue weighted by molar-refractivity contribution is 5.99. The molecule has 0 bridgehead atoms. The van der Waals surface area contributed by atoms with Crippen molar-refractivity contribution in [2.45, 2.75) is 6.54 Å². The number of carbonyl (C=O) groups is 1. The molecule has 27 heavy (non-hydrogen) atoms. The van der Waals surface area contributed by atoms with Gasteiger partial charge in [0.25, 0.3) is 5.91 Å². The molecule has 4 rings (SSSR count). The second-order valence-electron chi connectivity index (χ2n) is 5.89. The first-order valence-electron chi connectivity index (χ1n) is 8.40. The van der Waals surface area contributed by atoms with E-state index in [0.717, 1.165) is 22.6 Å². The Bertz CT molecular complexity index is 1090. The number of aromatic nitrogens is 4. The van der Waals surface area contributed by atoms with Gasteiger partial charge in [0.15, 0.2) is 5.65 Å². The molecule has 0 saturated heterocycles. The van der Waals surface area contributed by atoms with Gasteiger partial charge in [0.05, 0.1) is 19.0 Å². The minimum atomic E-state index is -0.225. The summed E-state index contributed by atoms with van der Waals surface area (Å²) in [6.07, 6.45) is 6.59. The number of hydrogen-bond donors (Lipinski definition) is 1. The predicted octanol–water partition coefficient (Wildman–Crippen LogP) is 2.73. The number of amides is 1. The topological polar surface area (TPSA) is 81.4 Å². The van der Waals surface area contributed by atoms with Gasteiger partial charge < -0.3 is 10.1 Å². The first-order chi connectivity index (χ1) is 13.3. The monoisotopic (exact) mass is 359 g/mol. The third kappa shape index (κ3) is 3.35. The fourth-order valence-corrected chi connectivity index (χ4v) is 2.83. The molecule has 0 spiro atoms. The third-order valence-corrected chi connectivity index (χ3v) is 4.21. The van der Waals surface area contributed by atoms with Crippen LogP contribution in [0.15, 0.2) is 67.3 Å². The van der Waals surface area contributed by atoms with Gasteiger partial charge in [-0.25, -0.2) is 9.50 Å². The number of fused-ring (bicyclic) bond motifs is 1. The quantitative estimate of drug-likeness (QED) is 0.592. The predicted molar refractivity (Wildman–Crippen MR) is 100 cm³/mol. The Balaban J connectivity index is 1.65. The minimum absolute atomic E-state index is 0.225. The summed E-state index contributed by atoms with van der Waals surface area (Å²) in [4.78, 5) is 20.9. The maximum Gasteiger partial charge on any atom is 0.257 e. The van der Waals surface area contributed by atoms with E-state index in [2.05, 4.69) is 20.4 Å². The van der Waals surface area contributed by atoms with Crippen LogP contribution in [0.4, 0.5) is 0 Å². The lowest BCUT2D eigenvalue weighted by Gasteiger charge is -2.07. The van der Waals surface area contributed by atoms with E-state index in [4.69, 9.17) is 4.74 Å². The Morgan fingerprint density at radius 2 is 2.00 bits per heavy atom. The Morgan fingerprint density at radius 3 is 2.81 bits per heavy atom. The molecular weight excluding hydrogens is 342 g/mol. The van der Waals surface area contributed by atoms with Crippen molar-refractivity contribution in [1.29, 1.82) is 0 Å². The lowest BCUT2D eigenvalue weighted by molar-refractivity contribution is 0.0952. The summed E-state index contributed by atoms with van der Waals surface area (Å²) >= 11 is 0. The Labute approximate surface area is 155 Å². The molecule has 0 aliphatic heterocycles. The normalized spacial score (nSPS) is 10.7. The van der Waals surface area contributed by atoms with Crippen LogP contribution in [0.3, 0.4) is 0 Å².